The van der Waals surface area contributed by atoms with Gasteiger partial charge in [-0.15, -0.1) is 0 Å². The van der Waals surface area contributed by atoms with Crippen LogP contribution < -0.4 is 5.32 Å². The van der Waals surface area contributed by atoms with Gasteiger partial charge < -0.3 is 19.8 Å². The molecule has 50 heavy (non-hydrogen) atoms. The molecule has 0 aromatic rings. The maximum absolute atomic E-state index is 12.8. The highest BCUT2D eigenvalue weighted by Crippen LogP contribution is 2.43. The van der Waals surface area contributed by atoms with E-state index in [4.69, 9.17) is 9.05 Å². The van der Waals surface area contributed by atoms with E-state index in [0.717, 1.165) is 57.8 Å². The molecule has 0 fully saturated rings. The Kier molecular flexibility index (Phi) is 32.3. The predicted molar refractivity (Wildman–Crippen MR) is 212 cm³/mol. The Hall–Kier alpha value is -1.54. The highest BCUT2D eigenvalue weighted by atomic mass is 31.2. The van der Waals surface area contributed by atoms with Crippen LogP contribution in [0.2, 0.25) is 0 Å². The summed E-state index contributed by atoms with van der Waals surface area (Å²) in [4.78, 5) is 23.0. The number of aliphatic hydroxyl groups is 1. The molecule has 0 aliphatic rings. The van der Waals surface area contributed by atoms with Crippen molar-refractivity contribution in [2.24, 2.45) is 0 Å². The summed E-state index contributed by atoms with van der Waals surface area (Å²) in [5.41, 5.74) is 0. The number of allylic oxidation sites excluding steroid dienone is 7. The van der Waals surface area contributed by atoms with Crippen LogP contribution in [0.4, 0.5) is 0 Å². The molecule has 9 heteroatoms. The average molecular weight is 726 g/mol. The largest absolute Gasteiger partial charge is 0.472 e. The molecule has 0 aliphatic carbocycles. The zero-order valence-electron chi connectivity index (χ0n) is 32.9. The van der Waals surface area contributed by atoms with E-state index in [1.807, 2.05) is 27.2 Å². The smallest absolute Gasteiger partial charge is 0.387 e. The lowest BCUT2D eigenvalue weighted by Gasteiger charge is -2.25. The van der Waals surface area contributed by atoms with Crippen molar-refractivity contribution in [1.29, 1.82) is 0 Å². The van der Waals surface area contributed by atoms with Crippen molar-refractivity contribution in [2.75, 3.05) is 40.9 Å². The van der Waals surface area contributed by atoms with Crippen LogP contribution >= 0.6 is 7.82 Å². The molecule has 0 radical (unpaired) electrons. The molecule has 1 amide bonds. The molecule has 0 heterocycles. The molecule has 0 spiro atoms. The highest BCUT2D eigenvalue weighted by Gasteiger charge is 2.27. The molecule has 0 bridgehead atoms. The van der Waals surface area contributed by atoms with Gasteiger partial charge in [-0.3, -0.25) is 13.8 Å². The highest BCUT2D eigenvalue weighted by molar-refractivity contribution is 7.47. The second-order valence-corrected chi connectivity index (χ2v) is 16.1. The molecule has 0 rings (SSSR count). The summed E-state index contributed by atoms with van der Waals surface area (Å²) in [6.45, 7) is 4.72. The van der Waals surface area contributed by atoms with Gasteiger partial charge in [0.25, 0.3) is 0 Å². The quantitative estimate of drug-likeness (QED) is 0.0260. The summed E-state index contributed by atoms with van der Waals surface area (Å²) in [5.74, 6) is -0.204. The number of nitrogens with zero attached hydrogens (tertiary/aromatic N) is 1. The Morgan fingerprint density at radius 3 is 1.62 bits per heavy atom. The summed E-state index contributed by atoms with van der Waals surface area (Å²) in [7, 11) is 1.53. The number of hydrogen-bond acceptors (Lipinski definition) is 5. The second-order valence-electron chi connectivity index (χ2n) is 14.6. The zero-order chi connectivity index (χ0) is 37.2. The summed E-state index contributed by atoms with van der Waals surface area (Å²) >= 11 is 0. The van der Waals surface area contributed by atoms with Crippen molar-refractivity contribution in [3.63, 3.8) is 0 Å². The lowest BCUT2D eigenvalue weighted by atomic mass is 10.1. The number of unbranched alkanes of at least 4 members (excludes halogenated alkanes) is 16. The van der Waals surface area contributed by atoms with Crippen molar-refractivity contribution in [2.45, 2.75) is 167 Å². The van der Waals surface area contributed by atoms with E-state index in [1.54, 1.807) is 6.08 Å². The van der Waals surface area contributed by atoms with E-state index in [-0.39, 0.29) is 19.1 Å². The first-order valence-corrected chi connectivity index (χ1v) is 21.5. The molecule has 0 aliphatic heterocycles. The van der Waals surface area contributed by atoms with Gasteiger partial charge in [0.1, 0.15) is 13.2 Å². The summed E-state index contributed by atoms with van der Waals surface area (Å²) in [6, 6.07) is -0.871. The van der Waals surface area contributed by atoms with Crippen LogP contribution in [0.3, 0.4) is 0 Å². The fourth-order valence-corrected chi connectivity index (χ4v) is 5.98. The fraction of sp³-hybridized carbons (Fsp3) is 0.780. The Bertz CT molecular complexity index is 959. The third kappa shape index (κ3) is 34.9. The Morgan fingerprint density at radius 2 is 1.10 bits per heavy atom. The first-order chi connectivity index (χ1) is 24.0. The molecule has 0 saturated carbocycles. The summed E-state index contributed by atoms with van der Waals surface area (Å²) in [5, 5.41) is 13.7. The molecule has 3 atom stereocenters. The maximum Gasteiger partial charge on any atom is 0.472 e. The number of aliphatic hydroxyl groups excluding tert-OH is 1. The van der Waals surface area contributed by atoms with Crippen LogP contribution in [0.25, 0.3) is 0 Å². The van der Waals surface area contributed by atoms with E-state index < -0.39 is 20.0 Å². The minimum atomic E-state index is -4.34. The minimum Gasteiger partial charge on any atom is -0.387 e. The van der Waals surface area contributed by atoms with Gasteiger partial charge in [-0.25, -0.2) is 4.57 Å². The van der Waals surface area contributed by atoms with Crippen molar-refractivity contribution in [3.05, 3.63) is 48.6 Å². The van der Waals surface area contributed by atoms with E-state index >= 15 is 0 Å². The van der Waals surface area contributed by atoms with Crippen LogP contribution in [-0.2, 0) is 18.4 Å². The standard InChI is InChI=1S/C41H77N2O6P/c1-6-8-10-12-14-16-18-20-21-23-24-26-28-30-32-34-40(44)39(38-49-50(46,47)48-37-36-43(3,4)5)42-41(45)35-33-31-29-27-25-22-19-17-15-13-11-9-7-2/h17-20,24,26,32,34,39-40,44H,6-16,21-23,25,27-31,33,35-38H2,1-5H3,(H-,42,45,46,47)/p+1/b19-17-,20-18+,26-24+,34-32+. The second kappa shape index (κ2) is 33.3. The Labute approximate surface area is 308 Å². The molecule has 0 saturated heterocycles. The normalized spacial score (nSPS) is 15.1. The predicted octanol–water partition coefficient (Wildman–Crippen LogP) is 10.5. The molecule has 0 aromatic carbocycles. The molecular formula is C41H78N2O6P+. The number of carbonyl (C=O) groups excluding carboxylic acids is 1. The molecule has 3 N–H and O–H groups in total. The summed E-state index contributed by atoms with van der Waals surface area (Å²) in [6.07, 6.45) is 40.3. The lowest BCUT2D eigenvalue weighted by molar-refractivity contribution is -0.870. The van der Waals surface area contributed by atoms with Gasteiger partial charge in [-0.05, 0) is 70.6 Å². The van der Waals surface area contributed by atoms with Crippen LogP contribution in [0, 0.1) is 0 Å². The molecule has 8 nitrogen and oxygen atoms in total. The number of phosphoric acid groups is 1. The molecule has 292 valence electrons. The van der Waals surface area contributed by atoms with Gasteiger partial charge in [-0.1, -0.05) is 127 Å². The first kappa shape index (κ1) is 48.5. The maximum atomic E-state index is 12.8. The number of rotatable bonds is 35. The zero-order valence-corrected chi connectivity index (χ0v) is 33.8. The van der Waals surface area contributed by atoms with Crippen LogP contribution in [0.5, 0.6) is 0 Å². The molecular weight excluding hydrogens is 647 g/mol. The topological polar surface area (TPSA) is 105 Å². The van der Waals surface area contributed by atoms with Crippen molar-refractivity contribution < 1.29 is 32.9 Å². The van der Waals surface area contributed by atoms with E-state index in [9.17, 15) is 19.4 Å². The van der Waals surface area contributed by atoms with Crippen molar-refractivity contribution in [3.8, 4) is 0 Å². The van der Waals surface area contributed by atoms with Crippen molar-refractivity contribution in [1.82, 2.24) is 5.32 Å². The van der Waals surface area contributed by atoms with Crippen LogP contribution in [-0.4, -0.2) is 73.4 Å². The number of likely N-dealkylation sites (N-methyl/N-ethyl adjacent to an activating group) is 1. The number of hydrogen-bond donors (Lipinski definition) is 3. The van der Waals surface area contributed by atoms with Gasteiger partial charge in [0, 0.05) is 6.42 Å². The number of quaternary nitrogens is 1. The molecule has 0 aromatic heterocycles. The fourth-order valence-electron chi connectivity index (χ4n) is 5.24. The minimum absolute atomic E-state index is 0.0506. The van der Waals surface area contributed by atoms with E-state index in [0.29, 0.717) is 17.4 Å². The Balaban J connectivity index is 4.62. The third-order valence-electron chi connectivity index (χ3n) is 8.50. The first-order valence-electron chi connectivity index (χ1n) is 20.0. The van der Waals surface area contributed by atoms with Crippen LogP contribution in [0.15, 0.2) is 48.6 Å². The number of carbonyl (C=O) groups is 1. The average Bonchev–Trinajstić information content (AvgIpc) is 3.06. The lowest BCUT2D eigenvalue weighted by Crippen LogP contribution is -2.45. The van der Waals surface area contributed by atoms with Gasteiger partial charge in [0.2, 0.25) is 5.91 Å². The van der Waals surface area contributed by atoms with Crippen molar-refractivity contribution >= 4 is 13.7 Å². The van der Waals surface area contributed by atoms with E-state index in [2.05, 4.69) is 55.6 Å². The van der Waals surface area contributed by atoms with Gasteiger partial charge in [0.15, 0.2) is 0 Å². The Morgan fingerprint density at radius 1 is 0.660 bits per heavy atom. The number of phosphoric ester groups is 1. The SMILES string of the molecule is CCCCCC/C=C\CCCCCCCC(=O)NC(COP(=O)(O)OCC[N+](C)(C)C)C(O)/C=C/CC/C=C/CC/C=C/CCCCCCC. The molecule has 3 unspecified atom stereocenters. The number of amides is 1. The third-order valence-corrected chi connectivity index (χ3v) is 9.48. The van der Waals surface area contributed by atoms with Gasteiger partial charge in [-0.2, -0.15) is 0 Å². The van der Waals surface area contributed by atoms with Crippen LogP contribution in [0.1, 0.15) is 155 Å². The number of nitrogens with one attached hydrogen (secondary N) is 1. The van der Waals surface area contributed by atoms with E-state index in [1.165, 1.54) is 77.0 Å². The van der Waals surface area contributed by atoms with Gasteiger partial charge in [0.05, 0.1) is 39.9 Å². The van der Waals surface area contributed by atoms with Gasteiger partial charge >= 0.3 is 7.82 Å². The monoisotopic (exact) mass is 726 g/mol. The summed E-state index contributed by atoms with van der Waals surface area (Å²) < 4.78 is 23.4.